The minimum absolute atomic E-state index is 0.742. The lowest BCUT2D eigenvalue weighted by atomic mass is 10.1. The van der Waals surface area contributed by atoms with Crippen LogP contribution < -0.4 is 9.64 Å². The SMILES string of the molecule is C=CC(=C)CN(Cc1ccccc1)c1cccc(OC)c1.CC. The molecule has 0 saturated carbocycles. The summed E-state index contributed by atoms with van der Waals surface area (Å²) in [6, 6.07) is 18.5. The molecule has 0 spiro atoms. The van der Waals surface area contributed by atoms with E-state index < -0.39 is 0 Å². The Balaban J connectivity index is 0.00000127. The first-order chi connectivity index (χ1) is 11.2. The Hall–Kier alpha value is -2.48. The predicted molar refractivity (Wildman–Crippen MR) is 101 cm³/mol. The zero-order chi connectivity index (χ0) is 17.1. The lowest BCUT2D eigenvalue weighted by Crippen LogP contribution is -2.24. The van der Waals surface area contributed by atoms with Crippen LogP contribution in [-0.4, -0.2) is 13.7 Å². The molecule has 0 saturated heterocycles. The maximum Gasteiger partial charge on any atom is 0.120 e. The van der Waals surface area contributed by atoms with Gasteiger partial charge in [0.05, 0.1) is 7.11 Å². The minimum Gasteiger partial charge on any atom is -0.497 e. The maximum atomic E-state index is 5.32. The third kappa shape index (κ3) is 6.03. The average molecular weight is 309 g/mol. The van der Waals surface area contributed by atoms with Crippen LogP contribution in [0.4, 0.5) is 5.69 Å². The molecule has 0 N–H and O–H groups in total. The Labute approximate surface area is 140 Å². The molecule has 0 bridgehead atoms. The Kier molecular flexibility index (Phi) is 8.30. The zero-order valence-corrected chi connectivity index (χ0v) is 14.5. The Morgan fingerprint density at radius 3 is 2.39 bits per heavy atom. The second-order valence-corrected chi connectivity index (χ2v) is 4.91. The fraction of sp³-hybridized carbons (Fsp3) is 0.238. The minimum atomic E-state index is 0.742. The fourth-order valence-corrected chi connectivity index (χ4v) is 2.16. The molecule has 0 aromatic heterocycles. The topological polar surface area (TPSA) is 12.5 Å². The number of benzene rings is 2. The lowest BCUT2D eigenvalue weighted by molar-refractivity contribution is 0.415. The molecule has 23 heavy (non-hydrogen) atoms. The molecule has 2 rings (SSSR count). The van der Waals surface area contributed by atoms with E-state index in [0.717, 1.165) is 30.1 Å². The summed E-state index contributed by atoms with van der Waals surface area (Å²) in [5.74, 6) is 0.856. The van der Waals surface area contributed by atoms with E-state index >= 15 is 0 Å². The summed E-state index contributed by atoms with van der Waals surface area (Å²) in [6.07, 6.45) is 1.80. The van der Waals surface area contributed by atoms with Crippen molar-refractivity contribution in [1.82, 2.24) is 0 Å². The number of rotatable bonds is 7. The van der Waals surface area contributed by atoms with E-state index in [0.29, 0.717) is 0 Å². The van der Waals surface area contributed by atoms with Gasteiger partial charge in [0.1, 0.15) is 5.75 Å². The van der Waals surface area contributed by atoms with Gasteiger partial charge in [-0.3, -0.25) is 0 Å². The Bertz CT molecular complexity index is 604. The number of anilines is 1. The van der Waals surface area contributed by atoms with Gasteiger partial charge < -0.3 is 9.64 Å². The van der Waals surface area contributed by atoms with Crippen LogP contribution >= 0.6 is 0 Å². The van der Waals surface area contributed by atoms with Crippen LogP contribution in [-0.2, 0) is 6.54 Å². The van der Waals surface area contributed by atoms with Crippen LogP contribution in [0.2, 0.25) is 0 Å². The molecule has 2 aromatic rings. The first kappa shape index (κ1) is 18.6. The van der Waals surface area contributed by atoms with Crippen molar-refractivity contribution in [3.8, 4) is 5.75 Å². The van der Waals surface area contributed by atoms with E-state index in [1.54, 1.807) is 13.2 Å². The van der Waals surface area contributed by atoms with Crippen molar-refractivity contribution < 1.29 is 4.74 Å². The van der Waals surface area contributed by atoms with E-state index in [1.807, 2.05) is 38.1 Å². The highest BCUT2D eigenvalue weighted by atomic mass is 16.5. The van der Waals surface area contributed by atoms with Gasteiger partial charge in [-0.1, -0.05) is 69.5 Å². The second kappa shape index (κ2) is 10.3. The molecule has 0 atom stereocenters. The van der Waals surface area contributed by atoms with Crippen LogP contribution in [0.25, 0.3) is 0 Å². The summed E-state index contributed by atoms with van der Waals surface area (Å²) >= 11 is 0. The normalized spacial score (nSPS) is 9.35. The zero-order valence-electron chi connectivity index (χ0n) is 14.5. The first-order valence-corrected chi connectivity index (χ1v) is 7.96. The third-order valence-corrected chi connectivity index (χ3v) is 3.32. The molecule has 0 amide bonds. The van der Waals surface area contributed by atoms with Gasteiger partial charge >= 0.3 is 0 Å². The summed E-state index contributed by atoms with van der Waals surface area (Å²) in [6.45, 7) is 13.4. The van der Waals surface area contributed by atoms with E-state index in [-0.39, 0.29) is 0 Å². The van der Waals surface area contributed by atoms with Crippen molar-refractivity contribution in [2.45, 2.75) is 20.4 Å². The molecule has 0 fully saturated rings. The van der Waals surface area contributed by atoms with Crippen molar-refractivity contribution in [2.75, 3.05) is 18.6 Å². The van der Waals surface area contributed by atoms with Crippen LogP contribution in [0.5, 0.6) is 5.75 Å². The van der Waals surface area contributed by atoms with Crippen molar-refractivity contribution in [3.63, 3.8) is 0 Å². The standard InChI is InChI=1S/C19H21NO.C2H6/c1-4-16(2)14-20(15-17-9-6-5-7-10-17)18-11-8-12-19(13-18)21-3;1-2/h4-13H,1-2,14-15H2,3H3;1-2H3. The number of methoxy groups -OCH3 is 1. The molecule has 122 valence electrons. The van der Waals surface area contributed by atoms with Gasteiger partial charge in [-0.15, -0.1) is 0 Å². The fourth-order valence-electron chi connectivity index (χ4n) is 2.16. The van der Waals surface area contributed by atoms with Crippen LogP contribution in [0.3, 0.4) is 0 Å². The summed E-state index contributed by atoms with van der Waals surface area (Å²) in [5, 5.41) is 0. The van der Waals surface area contributed by atoms with Crippen LogP contribution in [0.1, 0.15) is 19.4 Å². The number of hydrogen-bond donors (Lipinski definition) is 0. The molecule has 0 unspecified atom stereocenters. The van der Waals surface area contributed by atoms with Gasteiger partial charge in [-0.05, 0) is 23.3 Å². The summed E-state index contributed by atoms with van der Waals surface area (Å²) < 4.78 is 5.32. The quantitative estimate of drug-likeness (QED) is 0.629. The van der Waals surface area contributed by atoms with Crippen LogP contribution in [0, 0.1) is 0 Å². The molecule has 2 nitrogen and oxygen atoms in total. The highest BCUT2D eigenvalue weighted by molar-refractivity contribution is 5.52. The van der Waals surface area contributed by atoms with Gasteiger partial charge in [0.25, 0.3) is 0 Å². The summed E-state index contributed by atoms with van der Waals surface area (Å²) in [5.41, 5.74) is 3.37. The van der Waals surface area contributed by atoms with Gasteiger partial charge in [-0.2, -0.15) is 0 Å². The van der Waals surface area contributed by atoms with Gasteiger partial charge in [0.15, 0.2) is 0 Å². The van der Waals surface area contributed by atoms with Crippen molar-refractivity contribution >= 4 is 5.69 Å². The summed E-state index contributed by atoms with van der Waals surface area (Å²) in [7, 11) is 1.68. The van der Waals surface area contributed by atoms with E-state index in [4.69, 9.17) is 4.74 Å². The average Bonchev–Trinajstić information content (AvgIpc) is 2.63. The lowest BCUT2D eigenvalue weighted by Gasteiger charge is -2.25. The molecule has 0 radical (unpaired) electrons. The Morgan fingerprint density at radius 2 is 1.78 bits per heavy atom. The number of hydrogen-bond acceptors (Lipinski definition) is 2. The number of nitrogens with zero attached hydrogens (tertiary/aromatic N) is 1. The largest absolute Gasteiger partial charge is 0.497 e. The van der Waals surface area contributed by atoms with E-state index in [9.17, 15) is 0 Å². The van der Waals surface area contributed by atoms with Crippen molar-refractivity contribution in [1.29, 1.82) is 0 Å². The van der Waals surface area contributed by atoms with Crippen molar-refractivity contribution in [2.24, 2.45) is 0 Å². The van der Waals surface area contributed by atoms with E-state index in [1.165, 1.54) is 5.56 Å². The third-order valence-electron chi connectivity index (χ3n) is 3.32. The molecule has 0 aliphatic carbocycles. The summed E-state index contributed by atoms with van der Waals surface area (Å²) in [4.78, 5) is 2.27. The molecule has 2 aromatic carbocycles. The highest BCUT2D eigenvalue weighted by Crippen LogP contribution is 2.23. The molecule has 0 heterocycles. The number of ether oxygens (including phenoxy) is 1. The van der Waals surface area contributed by atoms with Gasteiger partial charge in [0.2, 0.25) is 0 Å². The molecule has 0 aliphatic heterocycles. The van der Waals surface area contributed by atoms with E-state index in [2.05, 4.69) is 48.4 Å². The van der Waals surface area contributed by atoms with Gasteiger partial charge in [-0.25, -0.2) is 0 Å². The van der Waals surface area contributed by atoms with Crippen LogP contribution in [0.15, 0.2) is 79.4 Å². The maximum absolute atomic E-state index is 5.32. The monoisotopic (exact) mass is 309 g/mol. The Morgan fingerprint density at radius 1 is 1.09 bits per heavy atom. The van der Waals surface area contributed by atoms with Gasteiger partial charge in [0, 0.05) is 24.8 Å². The molecule has 2 heteroatoms. The molecule has 0 aliphatic rings. The predicted octanol–water partition coefficient (Wildman–Crippen LogP) is 5.47. The first-order valence-electron chi connectivity index (χ1n) is 7.96. The molecular formula is C21H27NO. The second-order valence-electron chi connectivity index (χ2n) is 4.91. The smallest absolute Gasteiger partial charge is 0.120 e. The molecular weight excluding hydrogens is 282 g/mol. The van der Waals surface area contributed by atoms with Crippen molar-refractivity contribution in [3.05, 3.63) is 85.0 Å². The highest BCUT2D eigenvalue weighted by Gasteiger charge is 2.09.